The number of guanidine groups is 1. The van der Waals surface area contributed by atoms with Crippen molar-refractivity contribution >= 4 is 39.4 Å². The van der Waals surface area contributed by atoms with E-state index in [4.69, 9.17) is 20.2 Å². The maximum atomic E-state index is 15.0. The number of phenolic OH excluding ortho intramolecular Hbond substituents is 1. The lowest BCUT2D eigenvalue weighted by atomic mass is 9.49. The van der Waals surface area contributed by atoms with Crippen LogP contribution in [0.1, 0.15) is 241 Å². The van der Waals surface area contributed by atoms with Crippen molar-refractivity contribution in [3.63, 3.8) is 0 Å². The molecule has 17 rings (SSSR count). The topological polar surface area (TPSA) is 147 Å². The first-order chi connectivity index (χ1) is 40.1. The third kappa shape index (κ3) is 9.75. The fourth-order valence-corrected chi connectivity index (χ4v) is 26.6. The normalized spacial score (nSPS) is 41.9. The van der Waals surface area contributed by atoms with Crippen molar-refractivity contribution in [1.29, 1.82) is 0 Å². The summed E-state index contributed by atoms with van der Waals surface area (Å²) in [5, 5.41) is 29.8. The van der Waals surface area contributed by atoms with Gasteiger partial charge in [-0.15, -0.1) is 0 Å². The molecule has 0 aromatic heterocycles. The predicted octanol–water partition coefficient (Wildman–Crippen LogP) is 15.2. The molecule has 15 aliphatic rings. The smallest absolute Gasteiger partial charge is 0.303 e. The van der Waals surface area contributed by atoms with Gasteiger partial charge in [-0.3, -0.25) is 14.6 Å². The number of carbonyl (C=O) groups excluding carboxylic acids is 2. The molecular weight excluding hydrogens is 1070 g/mol. The molecule has 10 nitrogen and oxygen atoms in total. The lowest BCUT2D eigenvalue weighted by molar-refractivity contribution is -0.172. The number of fused-ring (bicyclic) bond motifs is 1. The molecule has 9 fully saturated rings. The first-order valence-electron chi connectivity index (χ1n) is 33.9. The summed E-state index contributed by atoms with van der Waals surface area (Å²) in [4.78, 5) is 35.8. The number of rotatable bonds is 5. The maximum Gasteiger partial charge on any atom is 0.303 e. The molecule has 83 heavy (non-hydrogen) atoms. The van der Waals surface area contributed by atoms with Crippen molar-refractivity contribution in [2.45, 2.75) is 254 Å². The van der Waals surface area contributed by atoms with Gasteiger partial charge in [0.2, 0.25) is 5.91 Å². The number of esters is 1. The summed E-state index contributed by atoms with van der Waals surface area (Å²) in [6.07, 6.45) is 36.9. The van der Waals surface area contributed by atoms with Gasteiger partial charge in [-0.2, -0.15) is 0 Å². The van der Waals surface area contributed by atoms with Crippen LogP contribution in [0.3, 0.4) is 0 Å². The van der Waals surface area contributed by atoms with Crippen LogP contribution in [-0.2, 0) is 27.3 Å². The molecular formula is C71H100N4O6S2. The number of phenols is 1. The SMILES string of the molecule is CC(=O)OC12CCc3cc(c(O)c4c3C3C=CC5(CCCC5C3)O4)CN3CC4(CC3=O)C(CCC4c3ccccc3)CN=C(N)NC3(CCCC34CCCC4)SSCC3CCC(CC34CCCC43CCC(CCC(C)C)C3)C(CC1)C(O)C2. The number of aliphatic hydroxyl groups is 1. The van der Waals surface area contributed by atoms with Crippen molar-refractivity contribution in [2.75, 3.05) is 18.8 Å². The van der Waals surface area contributed by atoms with E-state index in [2.05, 4.69) is 89.3 Å². The molecule has 5 N–H and O–H groups in total. The van der Waals surface area contributed by atoms with Crippen molar-refractivity contribution in [1.82, 2.24) is 10.2 Å². The van der Waals surface area contributed by atoms with E-state index >= 15 is 4.79 Å². The monoisotopic (exact) mass is 1170 g/mol. The molecule has 8 saturated carbocycles. The summed E-state index contributed by atoms with van der Waals surface area (Å²) < 4.78 is 13.9. The number of aryl methyl sites for hydroxylation is 1. The predicted molar refractivity (Wildman–Crippen MR) is 334 cm³/mol. The van der Waals surface area contributed by atoms with Gasteiger partial charge in [0.05, 0.1) is 6.10 Å². The van der Waals surface area contributed by atoms with E-state index < -0.39 is 17.3 Å². The lowest BCUT2D eigenvalue weighted by Crippen LogP contribution is -2.56. The molecule has 10 bridgehead atoms. The summed E-state index contributed by atoms with van der Waals surface area (Å²) >= 11 is 0. The van der Waals surface area contributed by atoms with Crippen LogP contribution in [0.15, 0.2) is 53.5 Å². The molecule has 1 saturated heterocycles. The minimum absolute atomic E-state index is 0.0889. The molecule has 0 radical (unpaired) electrons. The Hall–Kier alpha value is -3.35. The molecule has 452 valence electrons. The van der Waals surface area contributed by atoms with Gasteiger partial charge in [-0.25, -0.2) is 0 Å². The van der Waals surface area contributed by atoms with Crippen LogP contribution in [0, 0.1) is 63.1 Å². The van der Waals surface area contributed by atoms with Crippen LogP contribution in [0.25, 0.3) is 0 Å². The molecule has 15 unspecified atom stereocenters. The van der Waals surface area contributed by atoms with E-state index in [1.165, 1.54) is 108 Å². The summed E-state index contributed by atoms with van der Waals surface area (Å²) in [5.41, 5.74) is 10.7. The number of aromatic hydroxyl groups is 1. The quantitative estimate of drug-likeness (QED) is 0.130. The van der Waals surface area contributed by atoms with Crippen LogP contribution in [-0.4, -0.2) is 74.0 Å². The molecule has 2 aromatic carbocycles. The fourth-order valence-electron chi connectivity index (χ4n) is 22.6. The minimum atomic E-state index is -0.813. The number of nitrogens with two attached hydrogens (primary N) is 1. The van der Waals surface area contributed by atoms with Gasteiger partial charge in [-0.05, 0) is 223 Å². The van der Waals surface area contributed by atoms with Crippen LogP contribution in [0.4, 0.5) is 0 Å². The number of amides is 1. The summed E-state index contributed by atoms with van der Waals surface area (Å²) in [6.45, 7) is 7.80. The van der Waals surface area contributed by atoms with Crippen LogP contribution < -0.4 is 15.8 Å². The van der Waals surface area contributed by atoms with E-state index in [1.54, 1.807) is 6.92 Å². The number of aliphatic hydroxyl groups excluding tert-OH is 1. The van der Waals surface area contributed by atoms with Gasteiger partial charge in [-0.1, -0.05) is 104 Å². The Labute approximate surface area is 505 Å². The molecule has 6 heterocycles. The Morgan fingerprint density at radius 3 is 2.49 bits per heavy atom. The van der Waals surface area contributed by atoms with Gasteiger partial charge in [0, 0.05) is 78.9 Å². The molecule has 12 heteroatoms. The highest BCUT2D eigenvalue weighted by atomic mass is 33.1. The standard InChI is InChI=1S/C71H100N4O6S2/c1-46(2)15-16-48-21-32-66(38-48)28-10-29-69(66)39-52-17-18-56(69)44-82-83-71(31-11-27-65(71)25-7-8-26-65)74-64(72)73-42-55-19-20-58(49-12-5-4-6-13-49)68(55)41-60(78)75(45-68)43-53-36-50(22-33-67(80-47(3)76)34-24-57(52)59(77)40-67)61-51-23-35-70(81-63(61)62(53)79)30-9-14-54(70)37-51/h4-6,12-13,23,35-36,46,48,51-52,54-59,77,79H,7-11,14-22,24-34,37-45H2,1-3H3,(H3,72,73,74). The number of nitrogens with zero attached hydrogens (tertiary/aromatic N) is 2. The molecule has 9 aliphatic carbocycles. The first-order valence-corrected chi connectivity index (χ1v) is 36.3. The number of hydrogen-bond acceptors (Lipinski definition) is 11. The van der Waals surface area contributed by atoms with Gasteiger partial charge in [0.1, 0.15) is 16.1 Å². The van der Waals surface area contributed by atoms with E-state index in [9.17, 15) is 15.0 Å². The Morgan fingerprint density at radius 1 is 0.867 bits per heavy atom. The minimum Gasteiger partial charge on any atom is -0.504 e. The number of ether oxygens (including phenoxy) is 2. The maximum absolute atomic E-state index is 15.0. The van der Waals surface area contributed by atoms with Crippen molar-refractivity contribution in [3.8, 4) is 11.5 Å². The number of carbonyl (C=O) groups is 2. The van der Waals surface area contributed by atoms with Crippen LogP contribution in [0.5, 0.6) is 11.5 Å². The van der Waals surface area contributed by atoms with E-state index in [0.717, 1.165) is 98.5 Å². The van der Waals surface area contributed by atoms with Gasteiger partial charge in [0.15, 0.2) is 17.5 Å². The highest BCUT2D eigenvalue weighted by Crippen LogP contribution is 2.73. The largest absolute Gasteiger partial charge is 0.504 e. The van der Waals surface area contributed by atoms with Crippen molar-refractivity contribution in [3.05, 3.63) is 70.8 Å². The molecule has 1 amide bonds. The summed E-state index contributed by atoms with van der Waals surface area (Å²) in [7, 11) is 4.33. The van der Waals surface area contributed by atoms with Crippen LogP contribution in [0.2, 0.25) is 0 Å². The number of benzene rings is 2. The van der Waals surface area contributed by atoms with E-state index in [-0.39, 0.29) is 69.0 Å². The van der Waals surface area contributed by atoms with Crippen molar-refractivity contribution in [2.24, 2.45) is 73.8 Å². The van der Waals surface area contributed by atoms with E-state index in [0.29, 0.717) is 73.7 Å². The lowest BCUT2D eigenvalue weighted by Gasteiger charge is -2.57. The zero-order valence-electron chi connectivity index (χ0n) is 50.7. The highest BCUT2D eigenvalue weighted by molar-refractivity contribution is 8.77. The fraction of sp³-hybridized carbons (Fsp3) is 0.761. The molecule has 6 spiro atoms. The second-order valence-corrected chi connectivity index (χ2v) is 33.4. The Morgan fingerprint density at radius 2 is 1.67 bits per heavy atom. The second kappa shape index (κ2) is 22.1. The highest BCUT2D eigenvalue weighted by Gasteiger charge is 2.64. The number of allylic oxidation sites excluding steroid dienone is 1. The molecule has 6 aliphatic heterocycles. The Balaban J connectivity index is 0.853. The third-order valence-electron chi connectivity index (χ3n) is 26.5. The zero-order valence-corrected chi connectivity index (χ0v) is 52.4. The first kappa shape index (κ1) is 57.4. The third-order valence-corrected chi connectivity index (χ3v) is 29.8. The van der Waals surface area contributed by atoms with Gasteiger partial charge in [0.25, 0.3) is 0 Å². The number of aliphatic imine (C=N–C) groups is 1. The number of hydrogen-bond donors (Lipinski definition) is 4. The summed E-state index contributed by atoms with van der Waals surface area (Å²) in [6, 6.07) is 13.1. The van der Waals surface area contributed by atoms with E-state index in [1.807, 2.05) is 4.90 Å². The average molecular weight is 1170 g/mol. The van der Waals surface area contributed by atoms with Gasteiger partial charge >= 0.3 is 5.97 Å². The second-order valence-electron chi connectivity index (χ2n) is 30.8. The zero-order chi connectivity index (χ0) is 57.0. The Bertz CT molecular complexity index is 2830. The summed E-state index contributed by atoms with van der Waals surface area (Å²) in [5.74, 6) is 5.94. The average Bonchev–Trinajstić information content (AvgIpc) is 2.12. The van der Waals surface area contributed by atoms with Gasteiger partial charge < -0.3 is 35.6 Å². The van der Waals surface area contributed by atoms with Crippen molar-refractivity contribution < 1.29 is 29.3 Å². The molecule has 2 aromatic rings. The molecule has 15 atom stereocenters. The number of nitrogens with one attached hydrogen (secondary N) is 1. The van der Waals surface area contributed by atoms with Crippen LogP contribution >= 0.6 is 21.6 Å². The Kier molecular flexibility index (Phi) is 15.2.